The molecule has 0 saturated carbocycles. The van der Waals surface area contributed by atoms with E-state index < -0.39 is 0 Å². The summed E-state index contributed by atoms with van der Waals surface area (Å²) in [5.41, 5.74) is 1.33. The summed E-state index contributed by atoms with van der Waals surface area (Å²) in [4.78, 5) is 13.7. The van der Waals surface area contributed by atoms with E-state index in [4.69, 9.17) is 16.1 Å². The number of amides is 1. The SMILES string of the molecule is Cc1cc(CN(C)C(=O)c2ccc(Cl)cc2)no1. The maximum atomic E-state index is 12.1. The highest BCUT2D eigenvalue weighted by Gasteiger charge is 2.13. The summed E-state index contributed by atoms with van der Waals surface area (Å²) in [6.07, 6.45) is 0. The van der Waals surface area contributed by atoms with E-state index in [0.29, 0.717) is 17.1 Å². The van der Waals surface area contributed by atoms with Gasteiger partial charge in [0.05, 0.1) is 6.54 Å². The molecule has 0 saturated heterocycles. The third-order valence-electron chi connectivity index (χ3n) is 2.51. The van der Waals surface area contributed by atoms with Crippen molar-refractivity contribution in [3.05, 3.63) is 52.4 Å². The van der Waals surface area contributed by atoms with Crippen LogP contribution in [0.4, 0.5) is 0 Å². The first-order valence-electron chi connectivity index (χ1n) is 5.49. The number of hydrogen-bond donors (Lipinski definition) is 0. The van der Waals surface area contributed by atoms with Crippen LogP contribution in [-0.4, -0.2) is 23.0 Å². The lowest BCUT2D eigenvalue weighted by molar-refractivity contribution is 0.0782. The molecular formula is C13H13ClN2O2. The standard InChI is InChI=1S/C13H13ClN2O2/c1-9-7-12(15-18-9)8-16(2)13(17)10-3-5-11(14)6-4-10/h3-7H,8H2,1-2H3. The Bertz CT molecular complexity index is 548. The normalized spacial score (nSPS) is 10.4. The molecule has 1 aromatic heterocycles. The van der Waals surface area contributed by atoms with Gasteiger partial charge in [-0.1, -0.05) is 16.8 Å². The maximum absolute atomic E-state index is 12.1. The summed E-state index contributed by atoms with van der Waals surface area (Å²) in [5, 5.41) is 4.47. The monoisotopic (exact) mass is 264 g/mol. The van der Waals surface area contributed by atoms with Crippen molar-refractivity contribution >= 4 is 17.5 Å². The van der Waals surface area contributed by atoms with Crippen LogP contribution >= 0.6 is 11.6 Å². The van der Waals surface area contributed by atoms with Crippen LogP contribution in [0, 0.1) is 6.92 Å². The molecule has 0 fully saturated rings. The van der Waals surface area contributed by atoms with Crippen LogP contribution in [0.15, 0.2) is 34.9 Å². The highest BCUT2D eigenvalue weighted by Crippen LogP contribution is 2.12. The number of halogens is 1. The zero-order chi connectivity index (χ0) is 13.1. The van der Waals surface area contributed by atoms with Crippen LogP contribution in [0.3, 0.4) is 0 Å². The Morgan fingerprint density at radius 2 is 2.06 bits per heavy atom. The largest absolute Gasteiger partial charge is 0.361 e. The Morgan fingerprint density at radius 3 is 2.61 bits per heavy atom. The number of aromatic nitrogens is 1. The molecule has 94 valence electrons. The minimum absolute atomic E-state index is 0.0766. The van der Waals surface area contributed by atoms with Crippen LogP contribution in [0.2, 0.25) is 5.02 Å². The van der Waals surface area contributed by atoms with Gasteiger partial charge in [-0.25, -0.2) is 0 Å². The number of rotatable bonds is 3. The van der Waals surface area contributed by atoms with E-state index in [0.717, 1.165) is 11.5 Å². The summed E-state index contributed by atoms with van der Waals surface area (Å²) in [7, 11) is 1.72. The van der Waals surface area contributed by atoms with E-state index in [1.165, 1.54) is 0 Å². The van der Waals surface area contributed by atoms with Gasteiger partial charge in [-0.15, -0.1) is 0 Å². The fourth-order valence-electron chi connectivity index (χ4n) is 1.62. The minimum Gasteiger partial charge on any atom is -0.361 e. The lowest BCUT2D eigenvalue weighted by Crippen LogP contribution is -2.26. The molecule has 0 atom stereocenters. The van der Waals surface area contributed by atoms with Crippen LogP contribution in [0.1, 0.15) is 21.8 Å². The zero-order valence-corrected chi connectivity index (χ0v) is 10.9. The van der Waals surface area contributed by atoms with Crippen LogP contribution < -0.4 is 0 Å². The van der Waals surface area contributed by atoms with Crippen molar-refractivity contribution in [2.24, 2.45) is 0 Å². The Morgan fingerprint density at radius 1 is 1.39 bits per heavy atom. The van der Waals surface area contributed by atoms with Crippen molar-refractivity contribution in [2.75, 3.05) is 7.05 Å². The van der Waals surface area contributed by atoms with Gasteiger partial charge >= 0.3 is 0 Å². The fraction of sp³-hybridized carbons (Fsp3) is 0.231. The van der Waals surface area contributed by atoms with Crippen molar-refractivity contribution < 1.29 is 9.32 Å². The van der Waals surface area contributed by atoms with Gasteiger partial charge in [0, 0.05) is 23.7 Å². The van der Waals surface area contributed by atoms with Gasteiger partial charge in [-0.05, 0) is 31.2 Å². The predicted molar refractivity (Wildman–Crippen MR) is 68.5 cm³/mol. The van der Waals surface area contributed by atoms with Crippen molar-refractivity contribution in [1.82, 2.24) is 10.1 Å². The topological polar surface area (TPSA) is 46.3 Å². The van der Waals surface area contributed by atoms with E-state index in [1.54, 1.807) is 36.2 Å². The smallest absolute Gasteiger partial charge is 0.253 e. The predicted octanol–water partition coefficient (Wildman–Crippen LogP) is 2.91. The van der Waals surface area contributed by atoms with E-state index in [9.17, 15) is 4.79 Å². The third-order valence-corrected chi connectivity index (χ3v) is 2.77. The molecule has 0 aliphatic carbocycles. The summed E-state index contributed by atoms with van der Waals surface area (Å²) >= 11 is 5.78. The molecule has 1 heterocycles. The van der Waals surface area contributed by atoms with Gasteiger partial charge < -0.3 is 9.42 Å². The average molecular weight is 265 g/mol. The van der Waals surface area contributed by atoms with Gasteiger partial charge in [0.2, 0.25) is 0 Å². The van der Waals surface area contributed by atoms with Gasteiger partial charge in [-0.2, -0.15) is 0 Å². The molecule has 1 aromatic carbocycles. The average Bonchev–Trinajstić information content (AvgIpc) is 2.75. The van der Waals surface area contributed by atoms with Gasteiger partial charge in [0.25, 0.3) is 5.91 Å². The molecule has 2 rings (SSSR count). The Balaban J connectivity index is 2.07. The van der Waals surface area contributed by atoms with Crippen molar-refractivity contribution in [3.8, 4) is 0 Å². The van der Waals surface area contributed by atoms with Gasteiger partial charge in [0.1, 0.15) is 11.5 Å². The van der Waals surface area contributed by atoms with Crippen LogP contribution in [-0.2, 0) is 6.54 Å². The molecule has 18 heavy (non-hydrogen) atoms. The van der Waals surface area contributed by atoms with Crippen LogP contribution in [0.5, 0.6) is 0 Å². The first kappa shape index (κ1) is 12.6. The van der Waals surface area contributed by atoms with E-state index in [2.05, 4.69) is 5.16 Å². The fourth-order valence-corrected chi connectivity index (χ4v) is 1.75. The second-order valence-corrected chi connectivity index (χ2v) is 4.53. The van der Waals surface area contributed by atoms with Crippen LogP contribution in [0.25, 0.3) is 0 Å². The molecular weight excluding hydrogens is 252 g/mol. The molecule has 0 radical (unpaired) electrons. The second-order valence-electron chi connectivity index (χ2n) is 4.10. The summed E-state index contributed by atoms with van der Waals surface area (Å²) in [5.74, 6) is 0.657. The van der Waals surface area contributed by atoms with Crippen molar-refractivity contribution in [3.63, 3.8) is 0 Å². The summed E-state index contributed by atoms with van der Waals surface area (Å²) < 4.78 is 4.96. The molecule has 0 unspecified atom stereocenters. The first-order valence-corrected chi connectivity index (χ1v) is 5.87. The van der Waals surface area contributed by atoms with E-state index in [1.807, 2.05) is 13.0 Å². The maximum Gasteiger partial charge on any atom is 0.253 e. The van der Waals surface area contributed by atoms with E-state index in [-0.39, 0.29) is 5.91 Å². The molecule has 0 aliphatic heterocycles. The third kappa shape index (κ3) is 2.90. The second kappa shape index (κ2) is 5.23. The molecule has 0 aliphatic rings. The molecule has 0 spiro atoms. The summed E-state index contributed by atoms with van der Waals surface area (Å²) in [6, 6.07) is 8.61. The molecule has 0 N–H and O–H groups in total. The zero-order valence-electron chi connectivity index (χ0n) is 10.2. The lowest BCUT2D eigenvalue weighted by atomic mass is 10.2. The molecule has 2 aromatic rings. The number of nitrogens with zero attached hydrogens (tertiary/aromatic N) is 2. The highest BCUT2D eigenvalue weighted by atomic mass is 35.5. The number of hydrogen-bond acceptors (Lipinski definition) is 3. The van der Waals surface area contributed by atoms with Crippen molar-refractivity contribution in [2.45, 2.75) is 13.5 Å². The van der Waals surface area contributed by atoms with Gasteiger partial charge in [-0.3, -0.25) is 4.79 Å². The number of carbonyl (C=O) groups is 1. The quantitative estimate of drug-likeness (QED) is 0.856. The van der Waals surface area contributed by atoms with E-state index >= 15 is 0 Å². The minimum atomic E-state index is -0.0766. The Kier molecular flexibility index (Phi) is 3.67. The Labute approximate surface area is 110 Å². The Hall–Kier alpha value is -1.81. The number of carbonyl (C=O) groups excluding carboxylic acids is 1. The molecule has 1 amide bonds. The van der Waals surface area contributed by atoms with Gasteiger partial charge in [0.15, 0.2) is 0 Å². The van der Waals surface area contributed by atoms with Crippen molar-refractivity contribution in [1.29, 1.82) is 0 Å². The first-order chi connectivity index (χ1) is 8.56. The highest BCUT2D eigenvalue weighted by molar-refractivity contribution is 6.30. The number of benzene rings is 1. The summed E-state index contributed by atoms with van der Waals surface area (Å²) in [6.45, 7) is 2.23. The number of aryl methyl sites for hydroxylation is 1. The molecule has 5 heteroatoms. The lowest BCUT2D eigenvalue weighted by Gasteiger charge is -2.15. The molecule has 4 nitrogen and oxygen atoms in total. The molecule has 0 bridgehead atoms.